The van der Waals surface area contributed by atoms with Gasteiger partial charge in [-0.15, -0.1) is 0 Å². The quantitative estimate of drug-likeness (QED) is 0.157. The van der Waals surface area contributed by atoms with Crippen molar-refractivity contribution in [3.05, 3.63) is 156 Å². The Balaban J connectivity index is 1.53. The molecule has 1 heterocycles. The molecule has 0 radical (unpaired) electrons. The van der Waals surface area contributed by atoms with Crippen molar-refractivity contribution in [2.75, 3.05) is 0 Å². The van der Waals surface area contributed by atoms with Crippen LogP contribution in [0.4, 0.5) is 5.69 Å². The lowest BCUT2D eigenvalue weighted by molar-refractivity contribution is 0.286. The van der Waals surface area contributed by atoms with Gasteiger partial charge in [-0.05, 0) is 27.0 Å². The van der Waals surface area contributed by atoms with Gasteiger partial charge >= 0.3 is 0 Å². The molecule has 0 saturated carbocycles. The zero-order chi connectivity index (χ0) is 27.1. The molecule has 0 fully saturated rings. The van der Waals surface area contributed by atoms with Crippen molar-refractivity contribution in [3.8, 4) is 0 Å². The van der Waals surface area contributed by atoms with Crippen molar-refractivity contribution < 1.29 is 4.43 Å². The summed E-state index contributed by atoms with van der Waals surface area (Å²) in [5, 5.41) is 2.44. The van der Waals surface area contributed by atoms with Crippen LogP contribution >= 0.6 is 0 Å². The standard InChI is InChI=1S/C35H34N2OSi/c1-35(2,3)39(32-20-12-6-13-21-32,33-22-14-7-15-23-33)38-27-28-24-31(26-36-25-28)37-34(29-16-8-4-9-17-29)30-18-10-5-11-19-30/h4-26H,27H2,1-3H3. The number of aromatic nitrogens is 1. The lowest BCUT2D eigenvalue weighted by Gasteiger charge is -2.43. The summed E-state index contributed by atoms with van der Waals surface area (Å²) >= 11 is 0. The van der Waals surface area contributed by atoms with E-state index in [1.807, 2.05) is 48.8 Å². The predicted octanol–water partition coefficient (Wildman–Crippen LogP) is 7.33. The first kappa shape index (κ1) is 26.5. The fraction of sp³-hybridized carbons (Fsp3) is 0.143. The van der Waals surface area contributed by atoms with Crippen LogP contribution in [0.25, 0.3) is 0 Å². The van der Waals surface area contributed by atoms with Gasteiger partial charge < -0.3 is 4.43 Å². The normalized spacial score (nSPS) is 11.7. The zero-order valence-corrected chi connectivity index (χ0v) is 23.8. The molecule has 0 saturated heterocycles. The van der Waals surface area contributed by atoms with Gasteiger partial charge in [0.25, 0.3) is 8.32 Å². The van der Waals surface area contributed by atoms with Gasteiger partial charge in [0.05, 0.1) is 24.2 Å². The second-order valence-electron chi connectivity index (χ2n) is 10.7. The molecule has 4 heteroatoms. The summed E-state index contributed by atoms with van der Waals surface area (Å²) < 4.78 is 7.13. The number of rotatable bonds is 8. The molecule has 39 heavy (non-hydrogen) atoms. The van der Waals surface area contributed by atoms with E-state index in [4.69, 9.17) is 9.42 Å². The lowest BCUT2D eigenvalue weighted by atomic mass is 10.0. The van der Waals surface area contributed by atoms with Crippen molar-refractivity contribution in [1.29, 1.82) is 0 Å². The Hall–Kier alpha value is -4.12. The third-order valence-electron chi connectivity index (χ3n) is 6.99. The highest BCUT2D eigenvalue weighted by Gasteiger charge is 2.50. The molecule has 0 bridgehead atoms. The first-order chi connectivity index (χ1) is 19.0. The second kappa shape index (κ2) is 11.7. The fourth-order valence-electron chi connectivity index (χ4n) is 5.18. The van der Waals surface area contributed by atoms with E-state index >= 15 is 0 Å². The molecule has 5 aromatic rings. The molecule has 4 aromatic carbocycles. The van der Waals surface area contributed by atoms with Crippen LogP contribution in [0.1, 0.15) is 37.5 Å². The number of aliphatic imine (C=N–C) groups is 1. The summed E-state index contributed by atoms with van der Waals surface area (Å²) in [6, 6.07) is 44.1. The van der Waals surface area contributed by atoms with E-state index in [0.29, 0.717) is 6.61 Å². The molecule has 0 atom stereocenters. The minimum Gasteiger partial charge on any atom is -0.403 e. The maximum Gasteiger partial charge on any atom is 0.261 e. The molecule has 0 amide bonds. The predicted molar refractivity (Wildman–Crippen MR) is 165 cm³/mol. The molecule has 0 spiro atoms. The Morgan fingerprint density at radius 3 is 1.59 bits per heavy atom. The van der Waals surface area contributed by atoms with Gasteiger partial charge in [0.1, 0.15) is 0 Å². The highest BCUT2D eigenvalue weighted by molar-refractivity contribution is 6.99. The molecule has 194 valence electrons. The van der Waals surface area contributed by atoms with E-state index in [-0.39, 0.29) is 5.04 Å². The maximum atomic E-state index is 7.13. The monoisotopic (exact) mass is 526 g/mol. The van der Waals surface area contributed by atoms with Crippen LogP contribution in [-0.4, -0.2) is 19.0 Å². The largest absolute Gasteiger partial charge is 0.403 e. The molecule has 0 N–H and O–H groups in total. The molecule has 0 aliphatic carbocycles. The Bertz CT molecular complexity index is 1430. The van der Waals surface area contributed by atoms with Crippen LogP contribution in [0.5, 0.6) is 0 Å². The average molecular weight is 527 g/mol. The van der Waals surface area contributed by atoms with E-state index in [9.17, 15) is 0 Å². The zero-order valence-electron chi connectivity index (χ0n) is 22.8. The third-order valence-corrected chi connectivity index (χ3v) is 12.0. The molecule has 0 aliphatic rings. The highest BCUT2D eigenvalue weighted by Crippen LogP contribution is 2.37. The highest BCUT2D eigenvalue weighted by atomic mass is 28.4. The van der Waals surface area contributed by atoms with Crippen LogP contribution in [-0.2, 0) is 11.0 Å². The van der Waals surface area contributed by atoms with Gasteiger partial charge in [-0.2, -0.15) is 0 Å². The van der Waals surface area contributed by atoms with Gasteiger partial charge in [-0.1, -0.05) is 142 Å². The van der Waals surface area contributed by atoms with E-state index in [1.165, 1.54) is 10.4 Å². The Morgan fingerprint density at radius 2 is 1.13 bits per heavy atom. The number of nitrogens with zero attached hydrogens (tertiary/aromatic N) is 2. The molecular weight excluding hydrogens is 492 g/mol. The van der Waals surface area contributed by atoms with Crippen molar-refractivity contribution in [1.82, 2.24) is 4.98 Å². The smallest absolute Gasteiger partial charge is 0.261 e. The molecule has 5 rings (SSSR count). The van der Waals surface area contributed by atoms with Crippen molar-refractivity contribution >= 4 is 30.1 Å². The first-order valence-corrected chi connectivity index (χ1v) is 15.3. The minimum absolute atomic E-state index is 0.0906. The van der Waals surface area contributed by atoms with Crippen molar-refractivity contribution in [2.24, 2.45) is 4.99 Å². The SMILES string of the molecule is CC(C)(C)[Si](OCc1cncc(N=C(c2ccccc2)c2ccccc2)c1)(c1ccccc1)c1ccccc1. The third kappa shape index (κ3) is 5.82. The molecule has 0 aliphatic heterocycles. The number of pyridine rings is 1. The topological polar surface area (TPSA) is 34.5 Å². The molecule has 1 aromatic heterocycles. The molecular formula is C35H34N2OSi. The maximum absolute atomic E-state index is 7.13. The Kier molecular flexibility index (Phi) is 7.96. The Morgan fingerprint density at radius 1 is 0.667 bits per heavy atom. The first-order valence-electron chi connectivity index (χ1n) is 13.4. The number of hydrogen-bond acceptors (Lipinski definition) is 3. The van der Waals surface area contributed by atoms with Crippen LogP contribution in [0.3, 0.4) is 0 Å². The van der Waals surface area contributed by atoms with E-state index < -0.39 is 8.32 Å². The van der Waals surface area contributed by atoms with Crippen molar-refractivity contribution in [3.63, 3.8) is 0 Å². The molecule has 3 nitrogen and oxygen atoms in total. The van der Waals surface area contributed by atoms with E-state index in [1.54, 1.807) is 0 Å². The average Bonchev–Trinajstić information content (AvgIpc) is 2.98. The van der Waals surface area contributed by atoms with E-state index in [2.05, 4.69) is 117 Å². The van der Waals surface area contributed by atoms with Gasteiger partial charge in [0, 0.05) is 17.3 Å². The summed E-state index contributed by atoms with van der Waals surface area (Å²) in [4.78, 5) is 9.64. The summed E-state index contributed by atoms with van der Waals surface area (Å²) in [6.07, 6.45) is 3.71. The van der Waals surface area contributed by atoms with Gasteiger partial charge in [0.2, 0.25) is 0 Å². The van der Waals surface area contributed by atoms with Gasteiger partial charge in [0.15, 0.2) is 0 Å². The Labute approximate surface area is 233 Å². The summed E-state index contributed by atoms with van der Waals surface area (Å²) in [7, 11) is -2.65. The summed E-state index contributed by atoms with van der Waals surface area (Å²) in [5.41, 5.74) is 4.87. The fourth-order valence-corrected chi connectivity index (χ4v) is 9.72. The van der Waals surface area contributed by atoms with Crippen LogP contribution in [0, 0.1) is 0 Å². The van der Waals surface area contributed by atoms with Gasteiger partial charge in [-0.3, -0.25) is 4.98 Å². The summed E-state index contributed by atoms with van der Waals surface area (Å²) in [5.74, 6) is 0. The van der Waals surface area contributed by atoms with Gasteiger partial charge in [-0.25, -0.2) is 4.99 Å². The molecule has 0 unspecified atom stereocenters. The minimum atomic E-state index is -2.65. The van der Waals surface area contributed by atoms with Crippen LogP contribution in [0.2, 0.25) is 5.04 Å². The summed E-state index contributed by atoms with van der Waals surface area (Å²) in [6.45, 7) is 7.34. The van der Waals surface area contributed by atoms with E-state index in [0.717, 1.165) is 28.1 Å². The van der Waals surface area contributed by atoms with Crippen LogP contribution < -0.4 is 10.4 Å². The van der Waals surface area contributed by atoms with Crippen LogP contribution in [0.15, 0.2) is 145 Å². The number of benzene rings is 4. The second-order valence-corrected chi connectivity index (χ2v) is 15.0. The lowest BCUT2D eigenvalue weighted by Crippen LogP contribution is -2.66. The number of hydrogen-bond donors (Lipinski definition) is 0. The van der Waals surface area contributed by atoms with Crippen molar-refractivity contribution in [2.45, 2.75) is 32.4 Å².